The lowest BCUT2D eigenvalue weighted by Gasteiger charge is -2.37. The molecular formula is C11H14N2O3. The fraction of sp³-hybridized carbons (Fsp3) is 0.455. The molecule has 16 heavy (non-hydrogen) atoms. The van der Waals surface area contributed by atoms with Crippen molar-refractivity contribution in [2.75, 3.05) is 19.6 Å². The fourth-order valence-electron chi connectivity index (χ4n) is 1.71. The molecule has 2 rings (SSSR count). The van der Waals surface area contributed by atoms with Gasteiger partial charge in [0.25, 0.3) is 5.91 Å². The molecule has 5 heteroatoms. The van der Waals surface area contributed by atoms with Crippen molar-refractivity contribution in [1.82, 2.24) is 10.2 Å². The van der Waals surface area contributed by atoms with Crippen molar-refractivity contribution in [3.05, 3.63) is 34.4 Å². The third-order valence-corrected chi connectivity index (χ3v) is 2.75. The Morgan fingerprint density at radius 3 is 2.75 bits per heavy atom. The highest BCUT2D eigenvalue weighted by Crippen LogP contribution is 2.10. The van der Waals surface area contributed by atoms with E-state index in [2.05, 4.69) is 9.73 Å². The van der Waals surface area contributed by atoms with Crippen LogP contribution in [-0.2, 0) is 0 Å². The van der Waals surface area contributed by atoms with E-state index in [9.17, 15) is 9.59 Å². The molecule has 1 N–H and O–H groups in total. The van der Waals surface area contributed by atoms with Crippen LogP contribution in [0.25, 0.3) is 0 Å². The predicted octanol–water partition coefficient (Wildman–Crippen LogP) is 0.0737. The highest BCUT2D eigenvalue weighted by Gasteiger charge is 2.28. The maximum Gasteiger partial charge on any atom is 0.335 e. The van der Waals surface area contributed by atoms with Gasteiger partial charge < -0.3 is 14.6 Å². The number of hydrogen-bond acceptors (Lipinski definition) is 4. The van der Waals surface area contributed by atoms with Crippen LogP contribution >= 0.6 is 0 Å². The van der Waals surface area contributed by atoms with E-state index in [1.165, 1.54) is 18.4 Å². The van der Waals surface area contributed by atoms with Gasteiger partial charge in [0.15, 0.2) is 0 Å². The molecule has 0 unspecified atom stereocenters. The summed E-state index contributed by atoms with van der Waals surface area (Å²) in [6.07, 6.45) is 1.22. The number of amides is 1. The molecule has 1 fully saturated rings. The molecule has 86 valence electrons. The molecule has 0 spiro atoms. The molecule has 0 aliphatic carbocycles. The first-order valence-electron chi connectivity index (χ1n) is 5.33. The Hall–Kier alpha value is -1.62. The number of carbonyl (C=O) groups is 1. The molecule has 0 bridgehead atoms. The van der Waals surface area contributed by atoms with Gasteiger partial charge in [-0.1, -0.05) is 0 Å². The molecular weight excluding hydrogens is 208 g/mol. The summed E-state index contributed by atoms with van der Waals surface area (Å²) in [5, 5.41) is 3.12. The largest absolute Gasteiger partial charge is 0.430 e. The molecule has 0 atom stereocenters. The van der Waals surface area contributed by atoms with E-state index in [1.54, 1.807) is 4.90 Å². The third kappa shape index (κ3) is 1.99. The van der Waals surface area contributed by atoms with Gasteiger partial charge in [-0.2, -0.15) is 0 Å². The highest BCUT2D eigenvalue weighted by molar-refractivity contribution is 5.94. The van der Waals surface area contributed by atoms with Crippen LogP contribution in [-0.4, -0.2) is 36.5 Å². The molecule has 1 saturated heterocycles. The van der Waals surface area contributed by atoms with E-state index in [1.807, 2.05) is 6.92 Å². The van der Waals surface area contributed by atoms with E-state index in [0.29, 0.717) is 12.1 Å². The van der Waals surface area contributed by atoms with E-state index in [-0.39, 0.29) is 11.9 Å². The highest BCUT2D eigenvalue weighted by atomic mass is 16.4. The zero-order valence-electron chi connectivity index (χ0n) is 9.10. The van der Waals surface area contributed by atoms with Crippen LogP contribution in [0.4, 0.5) is 0 Å². The van der Waals surface area contributed by atoms with Crippen molar-refractivity contribution < 1.29 is 9.21 Å². The molecule has 1 aliphatic rings. The predicted molar refractivity (Wildman–Crippen MR) is 58.3 cm³/mol. The molecule has 1 amide bonds. The number of likely N-dealkylation sites (N-methyl/N-ethyl adjacent to an activating group) is 1. The number of carbonyl (C=O) groups excluding carboxylic acids is 1. The summed E-state index contributed by atoms with van der Waals surface area (Å²) in [6, 6.07) is 3.02. The van der Waals surface area contributed by atoms with Crippen LogP contribution in [0.15, 0.2) is 27.6 Å². The van der Waals surface area contributed by atoms with Gasteiger partial charge in [-0.05, 0) is 13.0 Å². The standard InChI is InChI=1S/C11H14N2O3/c1-2-13(9-5-12-6-9)11(15)8-3-4-10(14)16-7-8/h3-4,7,9,12H,2,5-6H2,1H3. The molecule has 1 aliphatic heterocycles. The van der Waals surface area contributed by atoms with Crippen molar-refractivity contribution in [1.29, 1.82) is 0 Å². The van der Waals surface area contributed by atoms with E-state index < -0.39 is 5.63 Å². The average Bonchev–Trinajstić information content (AvgIpc) is 2.23. The SMILES string of the molecule is CCN(C(=O)c1ccc(=O)oc1)C1CNC1. The first-order chi connectivity index (χ1) is 7.72. The van der Waals surface area contributed by atoms with Gasteiger partial charge in [-0.15, -0.1) is 0 Å². The van der Waals surface area contributed by atoms with E-state index >= 15 is 0 Å². The second kappa shape index (κ2) is 4.49. The summed E-state index contributed by atoms with van der Waals surface area (Å²) in [6.45, 7) is 4.26. The summed E-state index contributed by atoms with van der Waals surface area (Å²) in [5.74, 6) is -0.0854. The minimum absolute atomic E-state index is 0.0854. The molecule has 0 saturated carbocycles. The van der Waals surface area contributed by atoms with Crippen LogP contribution in [0.5, 0.6) is 0 Å². The molecule has 5 nitrogen and oxygen atoms in total. The van der Waals surface area contributed by atoms with Crippen molar-refractivity contribution >= 4 is 5.91 Å². The van der Waals surface area contributed by atoms with Crippen LogP contribution in [0, 0.1) is 0 Å². The summed E-state index contributed by atoms with van der Waals surface area (Å²) in [5.41, 5.74) is -0.0155. The second-order valence-corrected chi connectivity index (χ2v) is 3.75. The van der Waals surface area contributed by atoms with Gasteiger partial charge in [-0.25, -0.2) is 4.79 Å². The van der Waals surface area contributed by atoms with E-state index in [4.69, 9.17) is 0 Å². The van der Waals surface area contributed by atoms with Gasteiger partial charge in [0, 0.05) is 25.7 Å². The lowest BCUT2D eigenvalue weighted by molar-refractivity contribution is 0.0627. The zero-order chi connectivity index (χ0) is 11.5. The minimum atomic E-state index is -0.440. The quantitative estimate of drug-likeness (QED) is 0.786. The lowest BCUT2D eigenvalue weighted by atomic mass is 10.1. The van der Waals surface area contributed by atoms with Crippen LogP contribution < -0.4 is 10.9 Å². The zero-order valence-corrected chi connectivity index (χ0v) is 9.10. The second-order valence-electron chi connectivity index (χ2n) is 3.75. The normalized spacial score (nSPS) is 15.6. The molecule has 1 aromatic heterocycles. The number of hydrogen-bond donors (Lipinski definition) is 1. The van der Waals surface area contributed by atoms with Crippen LogP contribution in [0.2, 0.25) is 0 Å². The third-order valence-electron chi connectivity index (χ3n) is 2.75. The maximum atomic E-state index is 12.1. The van der Waals surface area contributed by atoms with Crippen LogP contribution in [0.1, 0.15) is 17.3 Å². The summed E-state index contributed by atoms with van der Waals surface area (Å²) in [4.78, 5) is 24.6. The Morgan fingerprint density at radius 1 is 1.56 bits per heavy atom. The van der Waals surface area contributed by atoms with Crippen LogP contribution in [0.3, 0.4) is 0 Å². The molecule has 0 radical (unpaired) electrons. The topological polar surface area (TPSA) is 62.6 Å². The Morgan fingerprint density at radius 2 is 2.31 bits per heavy atom. The average molecular weight is 222 g/mol. The maximum absolute atomic E-state index is 12.1. The van der Waals surface area contributed by atoms with E-state index in [0.717, 1.165) is 13.1 Å². The van der Waals surface area contributed by atoms with Gasteiger partial charge >= 0.3 is 5.63 Å². The number of nitrogens with zero attached hydrogens (tertiary/aromatic N) is 1. The summed E-state index contributed by atoms with van der Waals surface area (Å²) >= 11 is 0. The first kappa shape index (κ1) is 10.9. The van der Waals surface area contributed by atoms with Crippen molar-refractivity contribution in [3.8, 4) is 0 Å². The monoisotopic (exact) mass is 222 g/mol. The molecule has 2 heterocycles. The van der Waals surface area contributed by atoms with Gasteiger partial charge in [0.2, 0.25) is 0 Å². The smallest absolute Gasteiger partial charge is 0.335 e. The van der Waals surface area contributed by atoms with Gasteiger partial charge in [0.05, 0.1) is 11.6 Å². The summed E-state index contributed by atoms with van der Waals surface area (Å²) in [7, 11) is 0. The summed E-state index contributed by atoms with van der Waals surface area (Å²) < 4.78 is 4.69. The fourth-order valence-corrected chi connectivity index (χ4v) is 1.71. The Bertz CT molecular complexity index is 417. The van der Waals surface area contributed by atoms with Gasteiger partial charge in [0.1, 0.15) is 6.26 Å². The van der Waals surface area contributed by atoms with Crippen molar-refractivity contribution in [2.24, 2.45) is 0 Å². The first-order valence-corrected chi connectivity index (χ1v) is 5.33. The lowest BCUT2D eigenvalue weighted by Crippen LogP contribution is -2.58. The van der Waals surface area contributed by atoms with Crippen molar-refractivity contribution in [3.63, 3.8) is 0 Å². The number of nitrogens with one attached hydrogen (secondary N) is 1. The Labute approximate surface area is 93.1 Å². The molecule has 0 aromatic carbocycles. The Kier molecular flexibility index (Phi) is 3.05. The Balaban J connectivity index is 2.15. The molecule has 1 aromatic rings. The number of rotatable bonds is 3. The van der Waals surface area contributed by atoms with Gasteiger partial charge in [-0.3, -0.25) is 4.79 Å². The minimum Gasteiger partial charge on any atom is -0.430 e. The van der Waals surface area contributed by atoms with Crippen molar-refractivity contribution in [2.45, 2.75) is 13.0 Å².